The number of allylic oxidation sites excluding steroid dienone is 3. The van der Waals surface area contributed by atoms with E-state index >= 15 is 0 Å². The first-order chi connectivity index (χ1) is 19.4. The van der Waals surface area contributed by atoms with E-state index in [1.54, 1.807) is 24.3 Å². The Morgan fingerprint density at radius 3 is 2.17 bits per heavy atom. The van der Waals surface area contributed by atoms with Crippen LogP contribution in [-0.2, 0) is 19.1 Å². The van der Waals surface area contributed by atoms with Gasteiger partial charge in [-0.15, -0.1) is 0 Å². The molecule has 0 aromatic heterocycles. The maximum atomic E-state index is 13.7. The van der Waals surface area contributed by atoms with Crippen LogP contribution in [0.2, 0.25) is 0 Å². The number of ether oxygens (including phenoxy) is 3. The topological polar surface area (TPSA) is 90.9 Å². The molecule has 204 valence electrons. The lowest BCUT2D eigenvalue weighted by Gasteiger charge is -2.36. The molecule has 0 saturated heterocycles. The molecular formula is C33H31NO6. The normalized spacial score (nSPS) is 18.5. The Morgan fingerprint density at radius 1 is 0.825 bits per heavy atom. The summed E-state index contributed by atoms with van der Waals surface area (Å²) in [6.07, 6.45) is 0.997. The van der Waals surface area contributed by atoms with Gasteiger partial charge in [0.25, 0.3) is 0 Å². The summed E-state index contributed by atoms with van der Waals surface area (Å²) in [4.78, 5) is 38.7. The lowest BCUT2D eigenvalue weighted by molar-refractivity contribution is -0.140. The van der Waals surface area contributed by atoms with Gasteiger partial charge in [0.15, 0.2) is 5.78 Å². The lowest BCUT2D eigenvalue weighted by Crippen LogP contribution is -2.36. The van der Waals surface area contributed by atoms with E-state index in [4.69, 9.17) is 14.2 Å². The first kappa shape index (κ1) is 26.9. The summed E-state index contributed by atoms with van der Waals surface area (Å²) in [6.45, 7) is 3.42. The Morgan fingerprint density at radius 2 is 1.50 bits per heavy atom. The molecule has 0 amide bonds. The Hall–Kier alpha value is -4.65. The SMILES string of the molecule is CC(=O)Oc1ccc([C@@H]2C(C(=O)OCCOc3ccccc3)=C(C)NC3=C2C(=O)C[C@@H](c2ccccc2)C3)cc1. The predicted octanol–water partition coefficient (Wildman–Crippen LogP) is 5.60. The fraction of sp³-hybridized carbons (Fsp3) is 0.242. The van der Waals surface area contributed by atoms with Gasteiger partial charge in [-0.2, -0.15) is 0 Å². The van der Waals surface area contributed by atoms with Crippen LogP contribution in [0.25, 0.3) is 0 Å². The smallest absolute Gasteiger partial charge is 0.336 e. The molecule has 5 rings (SSSR count). The second-order valence-corrected chi connectivity index (χ2v) is 9.89. The summed E-state index contributed by atoms with van der Waals surface area (Å²) in [6, 6.07) is 26.2. The van der Waals surface area contributed by atoms with Gasteiger partial charge in [0, 0.05) is 36.2 Å². The Balaban J connectivity index is 1.42. The van der Waals surface area contributed by atoms with Gasteiger partial charge in [-0.1, -0.05) is 60.7 Å². The van der Waals surface area contributed by atoms with E-state index in [0.717, 1.165) is 16.8 Å². The second-order valence-electron chi connectivity index (χ2n) is 9.89. The first-order valence-corrected chi connectivity index (χ1v) is 13.3. The summed E-state index contributed by atoms with van der Waals surface area (Å²) in [5.41, 5.74) is 4.26. The van der Waals surface area contributed by atoms with Crippen molar-refractivity contribution >= 4 is 17.7 Å². The number of hydrogen-bond donors (Lipinski definition) is 1. The molecule has 3 aromatic rings. The van der Waals surface area contributed by atoms with Gasteiger partial charge in [-0.25, -0.2) is 4.79 Å². The number of nitrogens with one attached hydrogen (secondary N) is 1. The zero-order valence-electron chi connectivity index (χ0n) is 22.5. The van der Waals surface area contributed by atoms with Crippen LogP contribution in [0, 0.1) is 0 Å². The van der Waals surface area contributed by atoms with E-state index in [2.05, 4.69) is 5.32 Å². The van der Waals surface area contributed by atoms with Crippen molar-refractivity contribution in [2.75, 3.05) is 13.2 Å². The van der Waals surface area contributed by atoms with Gasteiger partial charge < -0.3 is 19.5 Å². The first-order valence-electron chi connectivity index (χ1n) is 13.3. The average molecular weight is 538 g/mol. The molecule has 7 heteroatoms. The molecule has 0 radical (unpaired) electrons. The maximum Gasteiger partial charge on any atom is 0.336 e. The molecule has 0 spiro atoms. The highest BCUT2D eigenvalue weighted by Crippen LogP contribution is 2.45. The van der Waals surface area contributed by atoms with Gasteiger partial charge in [-0.05, 0) is 54.7 Å². The summed E-state index contributed by atoms with van der Waals surface area (Å²) in [5.74, 6) is -0.442. The number of carbonyl (C=O) groups excluding carboxylic acids is 3. The third kappa shape index (κ3) is 5.99. The molecule has 2 atom stereocenters. The van der Waals surface area contributed by atoms with Crippen molar-refractivity contribution in [2.45, 2.75) is 38.5 Å². The van der Waals surface area contributed by atoms with Gasteiger partial charge in [0.1, 0.15) is 24.7 Å². The van der Waals surface area contributed by atoms with Crippen LogP contribution in [-0.4, -0.2) is 30.9 Å². The summed E-state index contributed by atoms with van der Waals surface area (Å²) in [5, 5.41) is 3.37. The molecule has 2 aliphatic rings. The molecule has 0 bridgehead atoms. The monoisotopic (exact) mass is 537 g/mol. The summed E-state index contributed by atoms with van der Waals surface area (Å²) < 4.78 is 16.5. The number of esters is 2. The summed E-state index contributed by atoms with van der Waals surface area (Å²) >= 11 is 0. The number of benzene rings is 3. The van der Waals surface area contributed by atoms with Crippen LogP contribution in [0.15, 0.2) is 107 Å². The number of dihydropyridines is 1. The van der Waals surface area contributed by atoms with Gasteiger partial charge in [-0.3, -0.25) is 9.59 Å². The molecule has 1 N–H and O–H groups in total. The number of Topliss-reactive ketones (excluding diaryl/α,β-unsaturated/α-hetero) is 1. The van der Waals surface area contributed by atoms with Crippen molar-refractivity contribution in [2.24, 2.45) is 0 Å². The predicted molar refractivity (Wildman–Crippen MR) is 150 cm³/mol. The Bertz CT molecular complexity index is 1460. The average Bonchev–Trinajstić information content (AvgIpc) is 2.95. The molecular weight excluding hydrogens is 506 g/mol. The van der Waals surface area contributed by atoms with Crippen LogP contribution in [0.5, 0.6) is 11.5 Å². The highest BCUT2D eigenvalue weighted by Gasteiger charge is 2.41. The standard InChI is InChI=1S/C33H31NO6/c1-21-30(33(37)39-18-17-38-26-11-7-4-8-12-26)31(24-13-15-27(16-14-24)40-22(2)35)32-28(34-21)19-25(20-29(32)36)23-9-5-3-6-10-23/h3-16,25,31,34H,17-20H2,1-2H3/t25-,31+/m0/s1. The molecule has 1 aliphatic carbocycles. The van der Waals surface area contributed by atoms with Crippen LogP contribution >= 0.6 is 0 Å². The van der Waals surface area contributed by atoms with Crippen LogP contribution in [0.3, 0.4) is 0 Å². The van der Waals surface area contributed by atoms with E-state index in [1.807, 2.05) is 67.6 Å². The number of ketones is 1. The number of rotatable bonds is 8. The maximum absolute atomic E-state index is 13.7. The largest absolute Gasteiger partial charge is 0.490 e. The van der Waals surface area contributed by atoms with E-state index in [-0.39, 0.29) is 24.9 Å². The highest BCUT2D eigenvalue weighted by atomic mass is 16.6. The van der Waals surface area contributed by atoms with Gasteiger partial charge in [0.05, 0.1) is 5.57 Å². The van der Waals surface area contributed by atoms with Crippen LogP contribution < -0.4 is 14.8 Å². The van der Waals surface area contributed by atoms with Crippen molar-refractivity contribution in [3.05, 3.63) is 119 Å². The zero-order valence-corrected chi connectivity index (χ0v) is 22.5. The highest BCUT2D eigenvalue weighted by molar-refractivity contribution is 6.04. The van der Waals surface area contributed by atoms with Crippen molar-refractivity contribution in [1.82, 2.24) is 5.32 Å². The van der Waals surface area contributed by atoms with Gasteiger partial charge >= 0.3 is 11.9 Å². The number of carbonyl (C=O) groups is 3. The fourth-order valence-electron chi connectivity index (χ4n) is 5.39. The zero-order chi connectivity index (χ0) is 28.1. The molecule has 1 heterocycles. The molecule has 0 unspecified atom stereocenters. The van der Waals surface area contributed by atoms with E-state index in [1.165, 1.54) is 6.92 Å². The molecule has 7 nitrogen and oxygen atoms in total. The third-order valence-electron chi connectivity index (χ3n) is 7.12. The van der Waals surface area contributed by atoms with Crippen LogP contribution in [0.1, 0.15) is 49.7 Å². The minimum absolute atomic E-state index is 0.0122. The van der Waals surface area contributed by atoms with Crippen molar-refractivity contribution in [3.63, 3.8) is 0 Å². The van der Waals surface area contributed by atoms with E-state index in [9.17, 15) is 14.4 Å². The fourth-order valence-corrected chi connectivity index (χ4v) is 5.39. The van der Waals surface area contributed by atoms with E-state index < -0.39 is 17.9 Å². The molecule has 0 fully saturated rings. The number of hydrogen-bond acceptors (Lipinski definition) is 7. The molecule has 40 heavy (non-hydrogen) atoms. The van der Waals surface area contributed by atoms with Gasteiger partial charge in [0.2, 0.25) is 0 Å². The number of para-hydroxylation sites is 1. The molecule has 0 saturated carbocycles. The Labute approximate surface area is 233 Å². The minimum Gasteiger partial charge on any atom is -0.490 e. The van der Waals surface area contributed by atoms with E-state index in [0.29, 0.717) is 41.2 Å². The third-order valence-corrected chi connectivity index (χ3v) is 7.12. The Kier molecular flexibility index (Phi) is 8.10. The lowest BCUT2D eigenvalue weighted by atomic mass is 9.72. The summed E-state index contributed by atoms with van der Waals surface area (Å²) in [7, 11) is 0. The van der Waals surface area contributed by atoms with Crippen molar-refractivity contribution < 1.29 is 28.6 Å². The van der Waals surface area contributed by atoms with Crippen molar-refractivity contribution in [3.8, 4) is 11.5 Å². The molecule has 3 aromatic carbocycles. The second kappa shape index (κ2) is 12.0. The van der Waals surface area contributed by atoms with Crippen molar-refractivity contribution in [1.29, 1.82) is 0 Å². The molecule has 1 aliphatic heterocycles. The quantitative estimate of drug-likeness (QED) is 0.227. The van der Waals surface area contributed by atoms with Crippen LogP contribution in [0.4, 0.5) is 0 Å². The minimum atomic E-state index is -0.616.